The average molecular weight is 184 g/mol. The molecular weight excluding hydrogens is 172 g/mol. The fraction of sp³-hybridized carbons (Fsp3) is 0.889. The summed E-state index contributed by atoms with van der Waals surface area (Å²) in [6.45, 7) is 0.388. The summed E-state index contributed by atoms with van der Waals surface area (Å²) in [6.07, 6.45) is -0.365. The molecule has 0 radical (unpaired) electrons. The van der Waals surface area contributed by atoms with E-state index in [9.17, 15) is 15.0 Å². The second kappa shape index (κ2) is 2.25. The summed E-state index contributed by atoms with van der Waals surface area (Å²) in [5, 5.41) is 19.4. The Labute approximate surface area is 75.5 Å². The van der Waals surface area contributed by atoms with Gasteiger partial charge in [-0.15, -0.1) is 0 Å². The largest absolute Gasteiger partial charge is 0.465 e. The smallest absolute Gasteiger partial charge is 0.309 e. The third-order valence-corrected chi connectivity index (χ3v) is 3.90. The minimum atomic E-state index is -0.488. The molecule has 1 saturated heterocycles. The molecule has 4 heteroatoms. The molecule has 72 valence electrons. The van der Waals surface area contributed by atoms with E-state index in [1.807, 2.05) is 0 Å². The standard InChI is InChI=1S/C9H12O4/c10-5-1-3-6-4(2-13-9(6)12)7(5)8(3)11/h3-8,10-11H,1-2H2/t3-,4-,5-,6+,7+,8+/m0/s1. The Balaban J connectivity index is 1.98. The molecule has 2 N–H and O–H groups in total. The SMILES string of the molecule is O=C1OC[C@H]2[C@H]1[C@@H]1C[C@H](O)[C@@H]2[C@@H]1O. The number of hydrogen-bond acceptors (Lipinski definition) is 4. The van der Waals surface area contributed by atoms with Crippen LogP contribution in [0, 0.1) is 23.7 Å². The van der Waals surface area contributed by atoms with Crippen LogP contribution in [0.5, 0.6) is 0 Å². The molecule has 0 amide bonds. The van der Waals surface area contributed by atoms with E-state index < -0.39 is 12.2 Å². The predicted octanol–water partition coefficient (Wildman–Crippen LogP) is -0.853. The number of ether oxygens (including phenoxy) is 1. The van der Waals surface area contributed by atoms with Crippen molar-refractivity contribution in [3.63, 3.8) is 0 Å². The monoisotopic (exact) mass is 184 g/mol. The zero-order valence-corrected chi connectivity index (χ0v) is 7.09. The Bertz CT molecular complexity index is 262. The topological polar surface area (TPSA) is 66.8 Å². The minimum absolute atomic E-state index is 0.0556. The molecule has 2 bridgehead atoms. The van der Waals surface area contributed by atoms with Gasteiger partial charge >= 0.3 is 5.97 Å². The molecule has 4 nitrogen and oxygen atoms in total. The average Bonchev–Trinajstić information content (AvgIpc) is 2.64. The number of carbonyl (C=O) groups is 1. The van der Waals surface area contributed by atoms with Gasteiger partial charge in [-0.2, -0.15) is 0 Å². The second-order valence-corrected chi connectivity index (χ2v) is 4.35. The normalized spacial score (nSPS) is 58.2. The minimum Gasteiger partial charge on any atom is -0.465 e. The number of fused-ring (bicyclic) bond motifs is 5. The van der Waals surface area contributed by atoms with Crippen LogP contribution in [0.4, 0.5) is 0 Å². The van der Waals surface area contributed by atoms with Crippen LogP contribution in [0.2, 0.25) is 0 Å². The van der Waals surface area contributed by atoms with Gasteiger partial charge in [-0.05, 0) is 6.42 Å². The van der Waals surface area contributed by atoms with Gasteiger partial charge in [-0.25, -0.2) is 0 Å². The lowest BCUT2D eigenvalue weighted by Crippen LogP contribution is -2.31. The number of aliphatic hydroxyl groups excluding tert-OH is 2. The van der Waals surface area contributed by atoms with Gasteiger partial charge in [0.05, 0.1) is 24.7 Å². The zero-order chi connectivity index (χ0) is 9.16. The van der Waals surface area contributed by atoms with Crippen molar-refractivity contribution in [2.75, 3.05) is 6.61 Å². The van der Waals surface area contributed by atoms with Crippen molar-refractivity contribution in [2.45, 2.75) is 18.6 Å². The number of cyclic esters (lactones) is 1. The van der Waals surface area contributed by atoms with E-state index in [0.29, 0.717) is 13.0 Å². The predicted molar refractivity (Wildman–Crippen MR) is 41.5 cm³/mol. The number of esters is 1. The third kappa shape index (κ3) is 0.758. The molecule has 0 unspecified atom stereocenters. The summed E-state index contributed by atoms with van der Waals surface area (Å²) in [5.74, 6) is -0.426. The van der Waals surface area contributed by atoms with Crippen LogP contribution in [0.25, 0.3) is 0 Å². The van der Waals surface area contributed by atoms with Crippen molar-refractivity contribution in [2.24, 2.45) is 23.7 Å². The molecule has 0 aromatic heterocycles. The maximum atomic E-state index is 11.3. The van der Waals surface area contributed by atoms with Crippen LogP contribution < -0.4 is 0 Å². The van der Waals surface area contributed by atoms with Crippen LogP contribution in [-0.4, -0.2) is 35.0 Å². The van der Waals surface area contributed by atoms with Gasteiger partial charge in [0, 0.05) is 17.8 Å². The zero-order valence-electron chi connectivity index (χ0n) is 7.09. The summed E-state index contributed by atoms with van der Waals surface area (Å²) >= 11 is 0. The Morgan fingerprint density at radius 1 is 1.31 bits per heavy atom. The highest BCUT2D eigenvalue weighted by atomic mass is 16.5. The lowest BCUT2D eigenvalue weighted by Gasteiger charge is -2.23. The number of hydrogen-bond donors (Lipinski definition) is 2. The molecule has 0 spiro atoms. The van der Waals surface area contributed by atoms with Crippen LogP contribution >= 0.6 is 0 Å². The van der Waals surface area contributed by atoms with Gasteiger partial charge in [0.25, 0.3) is 0 Å². The summed E-state index contributed by atoms with van der Waals surface area (Å²) in [5.41, 5.74) is 0. The number of carbonyl (C=O) groups excluding carboxylic acids is 1. The highest BCUT2D eigenvalue weighted by molar-refractivity contribution is 5.76. The first-order chi connectivity index (χ1) is 6.20. The highest BCUT2D eigenvalue weighted by Gasteiger charge is 2.63. The van der Waals surface area contributed by atoms with Gasteiger partial charge in [-0.1, -0.05) is 0 Å². The summed E-state index contributed by atoms with van der Waals surface area (Å²) < 4.78 is 4.94. The van der Waals surface area contributed by atoms with E-state index in [1.165, 1.54) is 0 Å². The van der Waals surface area contributed by atoms with E-state index in [4.69, 9.17) is 4.74 Å². The number of rotatable bonds is 0. The first-order valence-electron chi connectivity index (χ1n) is 4.73. The molecule has 3 aliphatic rings. The fourth-order valence-electron chi connectivity index (χ4n) is 3.38. The molecule has 1 heterocycles. The molecule has 2 aliphatic carbocycles. The van der Waals surface area contributed by atoms with E-state index in [1.54, 1.807) is 0 Å². The molecular formula is C9H12O4. The molecule has 0 aromatic carbocycles. The molecule has 13 heavy (non-hydrogen) atoms. The van der Waals surface area contributed by atoms with Gasteiger partial charge in [0.15, 0.2) is 0 Å². The molecule has 3 rings (SSSR count). The van der Waals surface area contributed by atoms with E-state index in [2.05, 4.69) is 0 Å². The lowest BCUT2D eigenvalue weighted by atomic mass is 9.80. The summed E-state index contributed by atoms with van der Waals surface area (Å²) in [7, 11) is 0. The molecule has 1 aliphatic heterocycles. The van der Waals surface area contributed by atoms with Crippen molar-refractivity contribution >= 4 is 5.97 Å². The quantitative estimate of drug-likeness (QED) is 0.481. The highest BCUT2D eigenvalue weighted by Crippen LogP contribution is 2.55. The van der Waals surface area contributed by atoms with Crippen molar-refractivity contribution < 1.29 is 19.7 Å². The first kappa shape index (κ1) is 7.76. The lowest BCUT2D eigenvalue weighted by molar-refractivity contribution is -0.143. The second-order valence-electron chi connectivity index (χ2n) is 4.35. The van der Waals surface area contributed by atoms with E-state index in [0.717, 1.165) is 0 Å². The molecule has 0 aromatic rings. The van der Waals surface area contributed by atoms with Crippen molar-refractivity contribution in [3.8, 4) is 0 Å². The van der Waals surface area contributed by atoms with Crippen LogP contribution in [0.15, 0.2) is 0 Å². The van der Waals surface area contributed by atoms with Crippen molar-refractivity contribution in [1.82, 2.24) is 0 Å². The van der Waals surface area contributed by atoms with E-state index in [-0.39, 0.29) is 29.6 Å². The molecule has 2 saturated carbocycles. The Morgan fingerprint density at radius 3 is 2.85 bits per heavy atom. The van der Waals surface area contributed by atoms with Gasteiger partial charge < -0.3 is 14.9 Å². The van der Waals surface area contributed by atoms with Crippen LogP contribution in [0.3, 0.4) is 0 Å². The molecule has 3 fully saturated rings. The van der Waals surface area contributed by atoms with Crippen LogP contribution in [0.1, 0.15) is 6.42 Å². The van der Waals surface area contributed by atoms with E-state index >= 15 is 0 Å². The maximum absolute atomic E-state index is 11.3. The van der Waals surface area contributed by atoms with Crippen LogP contribution in [-0.2, 0) is 9.53 Å². The Morgan fingerprint density at radius 2 is 2.08 bits per heavy atom. The molecule has 6 atom stereocenters. The number of aliphatic hydroxyl groups is 2. The summed E-state index contributed by atoms with van der Waals surface area (Å²) in [4.78, 5) is 11.3. The third-order valence-electron chi connectivity index (χ3n) is 3.90. The van der Waals surface area contributed by atoms with Gasteiger partial charge in [0.2, 0.25) is 0 Å². The Kier molecular flexibility index (Phi) is 1.34. The van der Waals surface area contributed by atoms with Crippen molar-refractivity contribution in [3.05, 3.63) is 0 Å². The first-order valence-corrected chi connectivity index (χ1v) is 4.73. The maximum Gasteiger partial charge on any atom is 0.309 e. The summed E-state index contributed by atoms with van der Waals surface area (Å²) in [6, 6.07) is 0. The van der Waals surface area contributed by atoms with Gasteiger partial charge in [-0.3, -0.25) is 4.79 Å². The fourth-order valence-corrected chi connectivity index (χ4v) is 3.38. The van der Waals surface area contributed by atoms with Crippen molar-refractivity contribution in [1.29, 1.82) is 0 Å². The Hall–Kier alpha value is -0.610. The van der Waals surface area contributed by atoms with Gasteiger partial charge in [0.1, 0.15) is 0 Å².